The van der Waals surface area contributed by atoms with Crippen LogP contribution in [0.15, 0.2) is 17.0 Å². The molecule has 1 unspecified atom stereocenters. The number of benzene rings is 1. The average Bonchev–Trinajstić information content (AvgIpc) is 3.09. The fourth-order valence-electron chi connectivity index (χ4n) is 2.56. The molecule has 0 saturated heterocycles. The van der Waals surface area contributed by atoms with Crippen LogP contribution in [0.25, 0.3) is 5.69 Å². The van der Waals surface area contributed by atoms with Gasteiger partial charge in [0.25, 0.3) is 0 Å². The van der Waals surface area contributed by atoms with E-state index in [-0.39, 0.29) is 11.5 Å². The Kier molecular flexibility index (Phi) is 7.91. The largest absolute Gasteiger partial charge is 0.476 e. The van der Waals surface area contributed by atoms with Gasteiger partial charge in [0, 0.05) is 7.05 Å². The van der Waals surface area contributed by atoms with Gasteiger partial charge in [-0.2, -0.15) is 36.7 Å². The Labute approximate surface area is 199 Å². The molecule has 0 bridgehead atoms. The highest BCUT2D eigenvalue weighted by atomic mass is 35.5. The summed E-state index contributed by atoms with van der Waals surface area (Å²) in [5.41, 5.74) is -8.59. The van der Waals surface area contributed by atoms with Gasteiger partial charge in [0.1, 0.15) is 16.7 Å². The number of rotatable bonds is 4. The number of halogens is 8. The van der Waals surface area contributed by atoms with Gasteiger partial charge >= 0.3 is 23.6 Å². The SMILES string of the molecule is CCOC(=O)C(=O)N(C)c1c(S(=O)C(F)(F)F)c(C#N)nn1-c1c(Cl)cc(C(F)(F)F)cc1Cl. The van der Waals surface area contributed by atoms with Crippen LogP contribution in [-0.4, -0.2) is 45.0 Å². The van der Waals surface area contributed by atoms with Gasteiger partial charge in [-0.05, 0) is 19.1 Å². The van der Waals surface area contributed by atoms with Crippen molar-refractivity contribution in [3.8, 4) is 11.8 Å². The third-order valence-corrected chi connectivity index (χ3v) is 5.69. The molecule has 0 spiro atoms. The summed E-state index contributed by atoms with van der Waals surface area (Å²) < 4.78 is 96.1. The summed E-state index contributed by atoms with van der Waals surface area (Å²) in [6.07, 6.45) is -4.91. The number of carbonyl (C=O) groups is 2. The molecule has 0 radical (unpaired) electrons. The number of hydrogen-bond acceptors (Lipinski definition) is 6. The molecule has 1 atom stereocenters. The van der Waals surface area contributed by atoms with Crippen LogP contribution >= 0.6 is 23.2 Å². The summed E-state index contributed by atoms with van der Waals surface area (Å²) in [7, 11) is -3.22. The summed E-state index contributed by atoms with van der Waals surface area (Å²) in [6.45, 7) is 1.04. The Morgan fingerprint density at radius 1 is 1.21 bits per heavy atom. The van der Waals surface area contributed by atoms with E-state index in [0.29, 0.717) is 16.8 Å². The number of aromatic nitrogens is 2. The monoisotopic (exact) mass is 550 g/mol. The standard InChI is InChI=1S/C17H10Cl2F6N4O4S/c1-3-33-15(31)14(30)28(2)13-12(34(32)17(23,24)25)10(6-26)27-29(13)11-8(18)4-7(5-9(11)19)16(20,21)22/h4-5H,3H2,1-2H3. The van der Waals surface area contributed by atoms with E-state index in [1.54, 1.807) is 0 Å². The normalized spacial score (nSPS) is 12.7. The fraction of sp³-hybridized carbons (Fsp3) is 0.294. The maximum atomic E-state index is 13.3. The van der Waals surface area contributed by atoms with Crippen molar-refractivity contribution < 1.29 is 44.9 Å². The van der Waals surface area contributed by atoms with Crippen molar-refractivity contribution in [1.82, 2.24) is 9.78 Å². The predicted molar refractivity (Wildman–Crippen MR) is 106 cm³/mol. The minimum absolute atomic E-state index is 0.231. The van der Waals surface area contributed by atoms with E-state index in [1.807, 2.05) is 0 Å². The lowest BCUT2D eigenvalue weighted by Gasteiger charge is -2.21. The summed E-state index contributed by atoms with van der Waals surface area (Å²) in [6, 6.07) is 1.99. The molecule has 0 aliphatic rings. The molecule has 1 heterocycles. The number of amides is 1. The van der Waals surface area contributed by atoms with Crippen molar-refractivity contribution in [3.05, 3.63) is 33.4 Å². The van der Waals surface area contributed by atoms with E-state index in [2.05, 4.69) is 9.84 Å². The second kappa shape index (κ2) is 9.80. The lowest BCUT2D eigenvalue weighted by molar-refractivity contribution is -0.153. The average molecular weight is 551 g/mol. The van der Waals surface area contributed by atoms with Crippen LogP contribution in [0.5, 0.6) is 0 Å². The van der Waals surface area contributed by atoms with Crippen molar-refractivity contribution in [2.45, 2.75) is 23.5 Å². The first-order chi connectivity index (χ1) is 15.6. The van der Waals surface area contributed by atoms with E-state index in [0.717, 1.165) is 7.05 Å². The summed E-state index contributed by atoms with van der Waals surface area (Å²) >= 11 is 11.8. The van der Waals surface area contributed by atoms with Gasteiger partial charge in [-0.3, -0.25) is 9.69 Å². The molecular weight excluding hydrogens is 541 g/mol. The van der Waals surface area contributed by atoms with Crippen LogP contribution in [0.2, 0.25) is 10.0 Å². The molecule has 0 fully saturated rings. The first kappa shape index (κ1) is 27.4. The second-order valence-electron chi connectivity index (χ2n) is 6.11. The zero-order valence-corrected chi connectivity index (χ0v) is 19.0. The third-order valence-electron chi connectivity index (χ3n) is 3.95. The van der Waals surface area contributed by atoms with Crippen LogP contribution in [0, 0.1) is 11.3 Å². The van der Waals surface area contributed by atoms with E-state index in [4.69, 9.17) is 23.2 Å². The lowest BCUT2D eigenvalue weighted by Crippen LogP contribution is -2.37. The van der Waals surface area contributed by atoms with Gasteiger partial charge in [0.15, 0.2) is 22.3 Å². The van der Waals surface area contributed by atoms with Crippen LogP contribution < -0.4 is 4.90 Å². The predicted octanol–water partition coefficient (Wildman–Crippen LogP) is 4.22. The van der Waals surface area contributed by atoms with Crippen molar-refractivity contribution in [3.63, 3.8) is 0 Å². The number of ether oxygens (including phenoxy) is 1. The number of nitriles is 1. The molecule has 184 valence electrons. The van der Waals surface area contributed by atoms with E-state index >= 15 is 0 Å². The minimum atomic E-state index is -5.46. The first-order valence-corrected chi connectivity index (χ1v) is 10.5. The number of alkyl halides is 6. The van der Waals surface area contributed by atoms with Gasteiger partial charge in [0.05, 0.1) is 22.2 Å². The van der Waals surface area contributed by atoms with Crippen molar-refractivity contribution >= 4 is 51.7 Å². The first-order valence-electron chi connectivity index (χ1n) is 8.59. The molecule has 1 aromatic heterocycles. The number of likely N-dealkylation sites (N-methyl/N-ethyl adjacent to an activating group) is 1. The Bertz CT molecular complexity index is 1200. The molecule has 34 heavy (non-hydrogen) atoms. The summed E-state index contributed by atoms with van der Waals surface area (Å²) in [5, 5.41) is 11.2. The van der Waals surface area contributed by atoms with Crippen molar-refractivity contribution in [2.24, 2.45) is 0 Å². The molecule has 1 aromatic carbocycles. The van der Waals surface area contributed by atoms with E-state index in [1.165, 1.54) is 13.0 Å². The van der Waals surface area contributed by atoms with Gasteiger partial charge in [-0.1, -0.05) is 23.2 Å². The Hall–Kier alpha value is -2.83. The van der Waals surface area contributed by atoms with Gasteiger partial charge in [0.2, 0.25) is 0 Å². The van der Waals surface area contributed by atoms with Crippen LogP contribution in [0.4, 0.5) is 32.2 Å². The van der Waals surface area contributed by atoms with Gasteiger partial charge in [-0.25, -0.2) is 13.7 Å². The second-order valence-corrected chi connectivity index (χ2v) is 8.33. The highest BCUT2D eigenvalue weighted by molar-refractivity contribution is 7.86. The maximum absolute atomic E-state index is 13.3. The molecule has 1 amide bonds. The number of carbonyl (C=O) groups excluding carboxylic acids is 2. The van der Waals surface area contributed by atoms with Crippen molar-refractivity contribution in [1.29, 1.82) is 5.26 Å². The Morgan fingerprint density at radius 3 is 2.15 bits per heavy atom. The quantitative estimate of drug-likeness (QED) is 0.320. The number of nitrogens with zero attached hydrogens (tertiary/aromatic N) is 4. The topological polar surface area (TPSA) is 105 Å². The Balaban J connectivity index is 2.94. The molecule has 8 nitrogen and oxygen atoms in total. The number of anilines is 1. The number of esters is 1. The molecule has 0 aliphatic heterocycles. The highest BCUT2D eigenvalue weighted by Crippen LogP contribution is 2.42. The summed E-state index contributed by atoms with van der Waals surface area (Å²) in [4.78, 5) is 23.2. The smallest absolute Gasteiger partial charge is 0.459 e. The molecule has 0 N–H and O–H groups in total. The van der Waals surface area contributed by atoms with Crippen LogP contribution in [-0.2, 0) is 31.3 Å². The zero-order valence-electron chi connectivity index (χ0n) is 16.7. The molecular formula is C17H10Cl2F6N4O4S. The fourth-order valence-corrected chi connectivity index (χ4v) is 4.09. The Morgan fingerprint density at radius 2 is 1.74 bits per heavy atom. The molecule has 0 saturated carbocycles. The molecule has 2 rings (SSSR count). The molecule has 2 aromatic rings. The minimum Gasteiger partial charge on any atom is -0.459 e. The van der Waals surface area contributed by atoms with Gasteiger partial charge in [-0.15, -0.1) is 0 Å². The maximum Gasteiger partial charge on any atom is 0.476 e. The summed E-state index contributed by atoms with van der Waals surface area (Å²) in [5.74, 6) is -4.18. The molecule has 0 aliphatic carbocycles. The third kappa shape index (κ3) is 5.29. The van der Waals surface area contributed by atoms with Crippen LogP contribution in [0.1, 0.15) is 18.2 Å². The lowest BCUT2D eigenvalue weighted by atomic mass is 10.2. The zero-order chi connectivity index (χ0) is 26.2. The van der Waals surface area contributed by atoms with Crippen LogP contribution in [0.3, 0.4) is 0 Å². The number of hydrogen-bond donors (Lipinski definition) is 0. The van der Waals surface area contributed by atoms with E-state index in [9.17, 15) is 45.4 Å². The van der Waals surface area contributed by atoms with Crippen molar-refractivity contribution in [2.75, 3.05) is 18.6 Å². The van der Waals surface area contributed by atoms with Gasteiger partial charge < -0.3 is 4.74 Å². The molecule has 17 heteroatoms. The highest BCUT2D eigenvalue weighted by Gasteiger charge is 2.45. The van der Waals surface area contributed by atoms with E-state index < -0.39 is 72.1 Å².